The molecule has 1 nitrogen and oxygen atoms in total. The van der Waals surface area contributed by atoms with Crippen LogP contribution in [0.2, 0.25) is 0 Å². The van der Waals surface area contributed by atoms with E-state index in [4.69, 9.17) is 0 Å². The van der Waals surface area contributed by atoms with Crippen LogP contribution in [-0.2, 0) is 0 Å². The van der Waals surface area contributed by atoms with Crippen molar-refractivity contribution in [3.8, 4) is 0 Å². The first kappa shape index (κ1) is 7.60. The zero-order valence-corrected chi connectivity index (χ0v) is 7.77. The molecule has 1 heteroatoms. The van der Waals surface area contributed by atoms with Crippen molar-refractivity contribution in [1.82, 2.24) is 4.90 Å². The van der Waals surface area contributed by atoms with Gasteiger partial charge in [-0.3, -0.25) is 0 Å². The van der Waals surface area contributed by atoms with Gasteiger partial charge in [-0.25, -0.2) is 0 Å². The van der Waals surface area contributed by atoms with Crippen molar-refractivity contribution in [3.05, 3.63) is 0 Å². The first-order chi connectivity index (χ1) is 5.21. The Balaban J connectivity index is 2.08. The predicted octanol–water partition coefficient (Wildman–Crippen LogP) is 2.13. The zero-order chi connectivity index (χ0) is 7.90. The average Bonchev–Trinajstić information content (AvgIpc) is 2.31. The fourth-order valence-electron chi connectivity index (χ4n) is 2.86. The molecule has 2 aliphatic rings. The Morgan fingerprint density at radius 2 is 2.18 bits per heavy atom. The second-order valence-electron chi connectivity index (χ2n) is 4.76. The maximum Gasteiger partial charge on any atom is 0.00118 e. The summed E-state index contributed by atoms with van der Waals surface area (Å²) in [6.45, 7) is 5.18. The molecule has 0 amide bonds. The lowest BCUT2D eigenvalue weighted by molar-refractivity contribution is 0.0878. The third-order valence-electron chi connectivity index (χ3n) is 3.88. The van der Waals surface area contributed by atoms with E-state index < -0.39 is 0 Å². The van der Waals surface area contributed by atoms with Crippen LogP contribution in [0.1, 0.15) is 32.6 Å². The molecule has 0 radical (unpaired) electrons. The van der Waals surface area contributed by atoms with Gasteiger partial charge in [0.05, 0.1) is 0 Å². The molecule has 1 aliphatic heterocycles. The van der Waals surface area contributed by atoms with E-state index >= 15 is 0 Å². The van der Waals surface area contributed by atoms with Gasteiger partial charge < -0.3 is 4.90 Å². The molecule has 2 atom stereocenters. The molecule has 2 rings (SSSR count). The van der Waals surface area contributed by atoms with Gasteiger partial charge in [0.2, 0.25) is 0 Å². The minimum absolute atomic E-state index is 0.729. The van der Waals surface area contributed by atoms with Gasteiger partial charge in [0.15, 0.2) is 0 Å². The van der Waals surface area contributed by atoms with Crippen LogP contribution in [0.3, 0.4) is 0 Å². The fraction of sp³-hybridized carbons (Fsp3) is 1.00. The highest BCUT2D eigenvalue weighted by Crippen LogP contribution is 2.47. The van der Waals surface area contributed by atoms with Crippen LogP contribution < -0.4 is 0 Å². The molecule has 0 bridgehead atoms. The minimum Gasteiger partial charge on any atom is -0.306 e. The summed E-state index contributed by atoms with van der Waals surface area (Å²) in [4.78, 5) is 2.50. The standard InChI is InChI=1S/C10H19N/c1-10-5-3-4-9(10)8-11(2)7-6-10/h9H,3-8H2,1-2H3. The van der Waals surface area contributed by atoms with E-state index in [0.29, 0.717) is 0 Å². The first-order valence-corrected chi connectivity index (χ1v) is 4.89. The lowest BCUT2D eigenvalue weighted by Crippen LogP contribution is -2.41. The minimum atomic E-state index is 0.729. The molecular formula is C10H19N. The topological polar surface area (TPSA) is 3.24 Å². The summed E-state index contributed by atoms with van der Waals surface area (Å²) in [7, 11) is 2.26. The highest BCUT2D eigenvalue weighted by atomic mass is 15.1. The van der Waals surface area contributed by atoms with Crippen molar-refractivity contribution in [1.29, 1.82) is 0 Å². The smallest absolute Gasteiger partial charge is 0.00118 e. The Morgan fingerprint density at radius 1 is 1.36 bits per heavy atom. The Hall–Kier alpha value is -0.0400. The summed E-state index contributed by atoms with van der Waals surface area (Å²) in [5, 5.41) is 0. The summed E-state index contributed by atoms with van der Waals surface area (Å²) in [6, 6.07) is 0. The number of nitrogens with zero attached hydrogens (tertiary/aromatic N) is 1. The Labute approximate surface area is 69.8 Å². The summed E-state index contributed by atoms with van der Waals surface area (Å²) in [5.41, 5.74) is 0.729. The number of piperidine rings is 1. The van der Waals surface area contributed by atoms with E-state index in [1.54, 1.807) is 0 Å². The number of hydrogen-bond donors (Lipinski definition) is 0. The lowest BCUT2D eigenvalue weighted by Gasteiger charge is -2.40. The SMILES string of the molecule is CN1CCC2(C)CCCC2C1. The fourth-order valence-corrected chi connectivity index (χ4v) is 2.86. The summed E-state index contributed by atoms with van der Waals surface area (Å²) >= 11 is 0. The third-order valence-corrected chi connectivity index (χ3v) is 3.88. The van der Waals surface area contributed by atoms with E-state index in [-0.39, 0.29) is 0 Å². The molecule has 0 aromatic carbocycles. The molecule has 0 aromatic heterocycles. The zero-order valence-electron chi connectivity index (χ0n) is 7.77. The quantitative estimate of drug-likeness (QED) is 0.515. The molecule has 1 heterocycles. The second kappa shape index (κ2) is 2.48. The monoisotopic (exact) mass is 153 g/mol. The van der Waals surface area contributed by atoms with Gasteiger partial charge in [-0.05, 0) is 44.2 Å². The molecule has 0 N–H and O–H groups in total. The van der Waals surface area contributed by atoms with Gasteiger partial charge in [0.25, 0.3) is 0 Å². The maximum atomic E-state index is 2.50. The van der Waals surface area contributed by atoms with E-state index in [1.807, 2.05) is 0 Å². The highest BCUT2D eigenvalue weighted by Gasteiger charge is 2.41. The lowest BCUT2D eigenvalue weighted by atomic mass is 9.74. The van der Waals surface area contributed by atoms with Gasteiger partial charge in [-0.2, -0.15) is 0 Å². The van der Waals surface area contributed by atoms with Crippen molar-refractivity contribution in [2.45, 2.75) is 32.6 Å². The van der Waals surface area contributed by atoms with Crippen molar-refractivity contribution >= 4 is 0 Å². The molecule has 0 spiro atoms. The molecule has 1 saturated heterocycles. The average molecular weight is 153 g/mol. The van der Waals surface area contributed by atoms with Gasteiger partial charge in [-0.1, -0.05) is 13.3 Å². The predicted molar refractivity (Wildman–Crippen MR) is 47.6 cm³/mol. The van der Waals surface area contributed by atoms with Crippen LogP contribution in [-0.4, -0.2) is 25.0 Å². The van der Waals surface area contributed by atoms with E-state index in [9.17, 15) is 0 Å². The number of hydrogen-bond acceptors (Lipinski definition) is 1. The van der Waals surface area contributed by atoms with E-state index in [2.05, 4.69) is 18.9 Å². The summed E-state index contributed by atoms with van der Waals surface area (Å²) in [6.07, 6.45) is 5.90. The van der Waals surface area contributed by atoms with Gasteiger partial charge in [0.1, 0.15) is 0 Å². The van der Waals surface area contributed by atoms with E-state index in [0.717, 1.165) is 11.3 Å². The van der Waals surface area contributed by atoms with Crippen LogP contribution >= 0.6 is 0 Å². The number of likely N-dealkylation sites (tertiary alicyclic amines) is 1. The van der Waals surface area contributed by atoms with Gasteiger partial charge in [0, 0.05) is 6.54 Å². The molecule has 1 aliphatic carbocycles. The maximum absolute atomic E-state index is 2.50. The molecule has 11 heavy (non-hydrogen) atoms. The first-order valence-electron chi connectivity index (χ1n) is 4.89. The van der Waals surface area contributed by atoms with E-state index in [1.165, 1.54) is 38.8 Å². The summed E-state index contributed by atoms with van der Waals surface area (Å²) < 4.78 is 0. The molecule has 2 fully saturated rings. The van der Waals surface area contributed by atoms with Crippen LogP contribution in [0.15, 0.2) is 0 Å². The third kappa shape index (κ3) is 1.20. The second-order valence-corrected chi connectivity index (χ2v) is 4.76. The Morgan fingerprint density at radius 3 is 3.00 bits per heavy atom. The number of rotatable bonds is 0. The van der Waals surface area contributed by atoms with Crippen LogP contribution in [0.4, 0.5) is 0 Å². The summed E-state index contributed by atoms with van der Waals surface area (Å²) in [5.74, 6) is 1.02. The van der Waals surface area contributed by atoms with Crippen molar-refractivity contribution < 1.29 is 0 Å². The Kier molecular flexibility index (Phi) is 1.71. The molecule has 64 valence electrons. The highest BCUT2D eigenvalue weighted by molar-refractivity contribution is 4.93. The van der Waals surface area contributed by atoms with Crippen LogP contribution in [0, 0.1) is 11.3 Å². The van der Waals surface area contributed by atoms with Crippen molar-refractivity contribution in [2.24, 2.45) is 11.3 Å². The number of fused-ring (bicyclic) bond motifs is 1. The van der Waals surface area contributed by atoms with Crippen molar-refractivity contribution in [2.75, 3.05) is 20.1 Å². The Bertz CT molecular complexity index is 155. The molecule has 2 unspecified atom stereocenters. The van der Waals surface area contributed by atoms with Gasteiger partial charge in [-0.15, -0.1) is 0 Å². The van der Waals surface area contributed by atoms with Crippen LogP contribution in [0.5, 0.6) is 0 Å². The van der Waals surface area contributed by atoms with Crippen LogP contribution in [0.25, 0.3) is 0 Å². The molecular weight excluding hydrogens is 134 g/mol. The van der Waals surface area contributed by atoms with Crippen molar-refractivity contribution in [3.63, 3.8) is 0 Å². The molecule has 0 aromatic rings. The molecule has 1 saturated carbocycles. The van der Waals surface area contributed by atoms with Gasteiger partial charge >= 0.3 is 0 Å². The largest absolute Gasteiger partial charge is 0.306 e. The normalized spacial score (nSPS) is 45.8.